The minimum Gasteiger partial charge on any atom is -0.455 e. The minimum atomic E-state index is -0.140. The third-order valence-corrected chi connectivity index (χ3v) is 3.34. The number of fused-ring (bicyclic) bond motifs is 1. The number of likely N-dealkylation sites (N-methyl/N-ethyl adjacent to an activating group) is 1. The highest BCUT2D eigenvalue weighted by Gasteiger charge is 2.25. The molecule has 90 valence electrons. The largest absolute Gasteiger partial charge is 0.455 e. The summed E-state index contributed by atoms with van der Waals surface area (Å²) in [7, 11) is 2.15. The molecule has 3 rings (SSSR count). The van der Waals surface area contributed by atoms with Crippen LogP contribution in [0.2, 0.25) is 0 Å². The molecule has 1 atom stereocenters. The van der Waals surface area contributed by atoms with Gasteiger partial charge >= 0.3 is 0 Å². The van der Waals surface area contributed by atoms with E-state index in [0.29, 0.717) is 0 Å². The molecular weight excluding hydrogens is 214 g/mol. The standard InChI is InChI=1S/C13H17N3O/c1-15-6-8-16(9-7-15)13-14-10-11-4-2-3-5-12(11)17-13/h2-5,10,13H,6-9H2,1H3. The van der Waals surface area contributed by atoms with Gasteiger partial charge in [-0.3, -0.25) is 0 Å². The van der Waals surface area contributed by atoms with Crippen LogP contribution in [0.3, 0.4) is 0 Å². The molecule has 1 aromatic rings. The number of nitrogens with zero attached hydrogens (tertiary/aromatic N) is 3. The lowest BCUT2D eigenvalue weighted by Crippen LogP contribution is -2.50. The molecule has 17 heavy (non-hydrogen) atoms. The molecule has 1 aromatic carbocycles. The van der Waals surface area contributed by atoms with Crippen molar-refractivity contribution in [3.05, 3.63) is 29.8 Å². The van der Waals surface area contributed by atoms with E-state index in [0.717, 1.165) is 37.5 Å². The second kappa shape index (κ2) is 4.47. The van der Waals surface area contributed by atoms with Crippen molar-refractivity contribution in [1.82, 2.24) is 9.80 Å². The molecule has 0 radical (unpaired) electrons. The summed E-state index contributed by atoms with van der Waals surface area (Å²) in [5, 5.41) is 0. The van der Waals surface area contributed by atoms with Crippen LogP contribution in [-0.2, 0) is 0 Å². The average molecular weight is 231 g/mol. The molecule has 0 aliphatic carbocycles. The maximum absolute atomic E-state index is 5.92. The van der Waals surface area contributed by atoms with Crippen molar-refractivity contribution in [2.24, 2.45) is 4.99 Å². The van der Waals surface area contributed by atoms with Crippen LogP contribution in [-0.4, -0.2) is 55.6 Å². The van der Waals surface area contributed by atoms with E-state index < -0.39 is 0 Å². The lowest BCUT2D eigenvalue weighted by Gasteiger charge is -2.36. The monoisotopic (exact) mass is 231 g/mol. The van der Waals surface area contributed by atoms with E-state index in [9.17, 15) is 0 Å². The fraction of sp³-hybridized carbons (Fsp3) is 0.462. The third kappa shape index (κ3) is 2.18. The van der Waals surface area contributed by atoms with Crippen LogP contribution in [0.25, 0.3) is 0 Å². The molecule has 1 unspecified atom stereocenters. The summed E-state index contributed by atoms with van der Waals surface area (Å²) in [6, 6.07) is 8.03. The Balaban J connectivity index is 1.72. The molecule has 0 spiro atoms. The van der Waals surface area contributed by atoms with Crippen LogP contribution in [0.1, 0.15) is 5.56 Å². The van der Waals surface area contributed by atoms with Gasteiger partial charge in [0.1, 0.15) is 5.75 Å². The van der Waals surface area contributed by atoms with Gasteiger partial charge in [0.05, 0.1) is 0 Å². The van der Waals surface area contributed by atoms with Crippen molar-refractivity contribution in [2.45, 2.75) is 6.35 Å². The van der Waals surface area contributed by atoms with Gasteiger partial charge in [0.25, 0.3) is 0 Å². The SMILES string of the molecule is CN1CCN(C2N=Cc3ccccc3O2)CC1. The first kappa shape index (κ1) is 10.7. The van der Waals surface area contributed by atoms with Crippen molar-refractivity contribution < 1.29 is 4.74 Å². The Hall–Kier alpha value is -1.39. The highest BCUT2D eigenvalue weighted by Crippen LogP contribution is 2.23. The molecule has 0 aromatic heterocycles. The second-order valence-electron chi connectivity index (χ2n) is 4.60. The van der Waals surface area contributed by atoms with Crippen LogP contribution in [0, 0.1) is 0 Å². The molecule has 1 saturated heterocycles. The number of ether oxygens (including phenoxy) is 1. The fourth-order valence-electron chi connectivity index (χ4n) is 2.19. The summed E-state index contributed by atoms with van der Waals surface area (Å²) in [4.78, 5) is 9.09. The van der Waals surface area contributed by atoms with E-state index in [2.05, 4.69) is 21.8 Å². The van der Waals surface area contributed by atoms with Gasteiger partial charge in [-0.05, 0) is 19.2 Å². The van der Waals surface area contributed by atoms with Crippen molar-refractivity contribution in [3.63, 3.8) is 0 Å². The maximum Gasteiger partial charge on any atom is 0.249 e. The van der Waals surface area contributed by atoms with E-state index in [-0.39, 0.29) is 6.35 Å². The van der Waals surface area contributed by atoms with Crippen molar-refractivity contribution in [1.29, 1.82) is 0 Å². The normalized spacial score (nSPS) is 25.4. The van der Waals surface area contributed by atoms with Crippen molar-refractivity contribution >= 4 is 6.21 Å². The summed E-state index contributed by atoms with van der Waals surface area (Å²) in [6.45, 7) is 4.19. The zero-order valence-electron chi connectivity index (χ0n) is 10.0. The summed E-state index contributed by atoms with van der Waals surface area (Å²) in [5.74, 6) is 0.937. The van der Waals surface area contributed by atoms with Gasteiger partial charge in [0.15, 0.2) is 0 Å². The molecule has 2 aliphatic rings. The molecule has 0 N–H and O–H groups in total. The van der Waals surface area contributed by atoms with Crippen molar-refractivity contribution in [3.8, 4) is 5.75 Å². The van der Waals surface area contributed by atoms with E-state index in [1.165, 1.54) is 0 Å². The first-order valence-electron chi connectivity index (χ1n) is 6.04. The molecule has 4 heteroatoms. The summed E-state index contributed by atoms with van der Waals surface area (Å²) in [6.07, 6.45) is 1.78. The minimum absolute atomic E-state index is 0.140. The number of rotatable bonds is 1. The van der Waals surface area contributed by atoms with Gasteiger partial charge in [-0.15, -0.1) is 0 Å². The highest BCUT2D eigenvalue weighted by atomic mass is 16.5. The molecule has 0 bridgehead atoms. The Kier molecular flexibility index (Phi) is 2.82. The summed E-state index contributed by atoms with van der Waals surface area (Å²) in [5.41, 5.74) is 1.07. The molecule has 4 nitrogen and oxygen atoms in total. The van der Waals surface area contributed by atoms with Crippen LogP contribution < -0.4 is 4.74 Å². The predicted molar refractivity (Wildman–Crippen MR) is 67.5 cm³/mol. The van der Waals surface area contributed by atoms with Gasteiger partial charge in [-0.25, -0.2) is 9.89 Å². The zero-order chi connectivity index (χ0) is 11.7. The Morgan fingerprint density at radius 1 is 1.18 bits per heavy atom. The Morgan fingerprint density at radius 3 is 2.76 bits per heavy atom. The zero-order valence-corrected chi connectivity index (χ0v) is 10.0. The smallest absolute Gasteiger partial charge is 0.249 e. The molecular formula is C13H17N3O. The first-order valence-corrected chi connectivity index (χ1v) is 6.04. The summed E-state index contributed by atoms with van der Waals surface area (Å²) < 4.78 is 5.92. The lowest BCUT2D eigenvalue weighted by molar-refractivity contribution is 0.00114. The van der Waals surface area contributed by atoms with Gasteiger partial charge in [0.2, 0.25) is 6.35 Å². The molecule has 0 saturated carbocycles. The fourth-order valence-corrected chi connectivity index (χ4v) is 2.19. The predicted octanol–water partition coefficient (Wildman–Crippen LogP) is 1.03. The van der Waals surface area contributed by atoms with Gasteiger partial charge < -0.3 is 9.64 Å². The topological polar surface area (TPSA) is 28.1 Å². The average Bonchev–Trinajstić information content (AvgIpc) is 2.39. The van der Waals surface area contributed by atoms with E-state index in [4.69, 9.17) is 4.74 Å². The lowest BCUT2D eigenvalue weighted by atomic mass is 10.2. The number of hydrogen-bond donors (Lipinski definition) is 0. The van der Waals surface area contributed by atoms with Gasteiger partial charge in [-0.2, -0.15) is 0 Å². The number of benzene rings is 1. The highest BCUT2D eigenvalue weighted by molar-refractivity contribution is 5.84. The van der Waals surface area contributed by atoms with Crippen molar-refractivity contribution in [2.75, 3.05) is 33.2 Å². The number of aliphatic imine (C=N–C) groups is 1. The maximum atomic E-state index is 5.92. The Labute approximate surface area is 102 Å². The summed E-state index contributed by atoms with van der Waals surface area (Å²) >= 11 is 0. The van der Waals surface area contributed by atoms with Crippen LogP contribution in [0.15, 0.2) is 29.3 Å². The van der Waals surface area contributed by atoms with E-state index in [1.807, 2.05) is 30.5 Å². The van der Waals surface area contributed by atoms with Gasteiger partial charge in [-0.1, -0.05) is 12.1 Å². The molecule has 2 heterocycles. The Morgan fingerprint density at radius 2 is 1.94 bits per heavy atom. The van der Waals surface area contributed by atoms with E-state index in [1.54, 1.807) is 0 Å². The quantitative estimate of drug-likeness (QED) is 0.722. The molecule has 0 amide bonds. The Bertz CT molecular complexity index is 424. The first-order chi connectivity index (χ1) is 8.33. The van der Waals surface area contributed by atoms with Gasteiger partial charge in [0, 0.05) is 38.0 Å². The van der Waals surface area contributed by atoms with Crippen LogP contribution >= 0.6 is 0 Å². The van der Waals surface area contributed by atoms with E-state index >= 15 is 0 Å². The van der Waals surface area contributed by atoms with Crippen LogP contribution in [0.5, 0.6) is 5.75 Å². The number of piperazine rings is 1. The number of hydrogen-bond acceptors (Lipinski definition) is 4. The number of para-hydroxylation sites is 1. The molecule has 1 fully saturated rings. The molecule has 2 aliphatic heterocycles. The second-order valence-corrected chi connectivity index (χ2v) is 4.60. The van der Waals surface area contributed by atoms with Crippen LogP contribution in [0.4, 0.5) is 0 Å². The third-order valence-electron chi connectivity index (χ3n) is 3.34.